The number of aryl methyl sites for hydroxylation is 1. The van der Waals surface area contributed by atoms with Gasteiger partial charge in [0.1, 0.15) is 23.0 Å². The maximum Gasteiger partial charge on any atom is 0.145 e. The second-order valence-corrected chi connectivity index (χ2v) is 4.92. The highest BCUT2D eigenvalue weighted by atomic mass is 16.5. The number of imidazole rings is 1. The van der Waals surface area contributed by atoms with Crippen molar-refractivity contribution in [1.82, 2.24) is 15.1 Å². The van der Waals surface area contributed by atoms with E-state index in [1.807, 2.05) is 43.3 Å². The van der Waals surface area contributed by atoms with Crippen molar-refractivity contribution in [3.05, 3.63) is 60.8 Å². The van der Waals surface area contributed by atoms with E-state index in [9.17, 15) is 0 Å². The number of furan rings is 1. The molecule has 0 aliphatic heterocycles. The molecule has 0 spiro atoms. The van der Waals surface area contributed by atoms with Crippen LogP contribution in [-0.4, -0.2) is 15.1 Å². The molecule has 0 unspecified atom stereocenters. The Kier molecular flexibility index (Phi) is 2.89. The summed E-state index contributed by atoms with van der Waals surface area (Å²) in [6.07, 6.45) is 5.15. The number of aromatic amines is 1. The fourth-order valence-electron chi connectivity index (χ4n) is 2.57. The van der Waals surface area contributed by atoms with Crippen molar-refractivity contribution < 1.29 is 8.94 Å². The molecule has 3 heterocycles. The lowest BCUT2D eigenvalue weighted by Gasteiger charge is -2.06. The van der Waals surface area contributed by atoms with Gasteiger partial charge in [-0.15, -0.1) is 0 Å². The minimum absolute atomic E-state index is 0.721. The molecular formula is C17H13N3O2. The van der Waals surface area contributed by atoms with Gasteiger partial charge in [0.05, 0.1) is 11.8 Å². The fraction of sp³-hybridized carbons (Fsp3) is 0.0588. The van der Waals surface area contributed by atoms with Crippen molar-refractivity contribution >= 4 is 0 Å². The van der Waals surface area contributed by atoms with Gasteiger partial charge in [-0.05, 0) is 19.1 Å². The van der Waals surface area contributed by atoms with Crippen molar-refractivity contribution in [3.8, 4) is 34.0 Å². The van der Waals surface area contributed by atoms with E-state index in [2.05, 4.69) is 15.1 Å². The average molecular weight is 291 g/mol. The van der Waals surface area contributed by atoms with Crippen LogP contribution in [0.5, 0.6) is 0 Å². The van der Waals surface area contributed by atoms with E-state index in [0.29, 0.717) is 0 Å². The van der Waals surface area contributed by atoms with Gasteiger partial charge in [0.25, 0.3) is 0 Å². The smallest absolute Gasteiger partial charge is 0.145 e. The first-order chi connectivity index (χ1) is 10.8. The largest absolute Gasteiger partial charge is 0.464 e. The third-order valence-electron chi connectivity index (χ3n) is 3.57. The summed E-state index contributed by atoms with van der Waals surface area (Å²) in [5.74, 6) is 2.25. The lowest BCUT2D eigenvalue weighted by atomic mass is 9.99. The van der Waals surface area contributed by atoms with Gasteiger partial charge in [-0.2, -0.15) is 0 Å². The van der Waals surface area contributed by atoms with Gasteiger partial charge in [-0.1, -0.05) is 29.4 Å². The molecule has 5 heteroatoms. The molecule has 0 aliphatic carbocycles. The van der Waals surface area contributed by atoms with E-state index in [-0.39, 0.29) is 0 Å². The van der Waals surface area contributed by atoms with Crippen LogP contribution in [0.15, 0.2) is 64.0 Å². The average Bonchev–Trinajstić information content (AvgIpc) is 3.28. The highest BCUT2D eigenvalue weighted by Gasteiger charge is 2.21. The van der Waals surface area contributed by atoms with E-state index in [1.165, 1.54) is 0 Å². The predicted molar refractivity (Wildman–Crippen MR) is 82.0 cm³/mol. The normalized spacial score (nSPS) is 11.0. The van der Waals surface area contributed by atoms with E-state index >= 15 is 0 Å². The Morgan fingerprint density at radius 3 is 2.64 bits per heavy atom. The molecule has 0 radical (unpaired) electrons. The number of H-pyrrole nitrogens is 1. The lowest BCUT2D eigenvalue weighted by molar-refractivity contribution is 0.400. The first kappa shape index (κ1) is 12.6. The van der Waals surface area contributed by atoms with Crippen molar-refractivity contribution in [1.29, 1.82) is 0 Å². The monoisotopic (exact) mass is 291 g/mol. The number of hydrogen-bond donors (Lipinski definition) is 1. The molecule has 0 saturated heterocycles. The van der Waals surface area contributed by atoms with Crippen LogP contribution in [0.4, 0.5) is 0 Å². The molecule has 4 rings (SSSR count). The number of benzene rings is 1. The van der Waals surface area contributed by atoms with Crippen LogP contribution in [0, 0.1) is 6.92 Å². The maximum atomic E-state index is 5.54. The van der Waals surface area contributed by atoms with Crippen LogP contribution in [0.1, 0.15) is 5.76 Å². The second-order valence-electron chi connectivity index (χ2n) is 4.92. The standard InChI is InChI=1S/C17H13N3O2/c1-11-15(17-18-8-9-19-17)16(20-22-11)13-6-3-2-5-12(13)14-7-4-10-21-14/h2-10H,1H3,(H,18,19). The Morgan fingerprint density at radius 1 is 1.05 bits per heavy atom. The van der Waals surface area contributed by atoms with E-state index in [4.69, 9.17) is 8.94 Å². The van der Waals surface area contributed by atoms with E-state index in [0.717, 1.165) is 39.7 Å². The molecular weight excluding hydrogens is 278 g/mol. The van der Waals surface area contributed by atoms with E-state index < -0.39 is 0 Å². The van der Waals surface area contributed by atoms with Crippen molar-refractivity contribution in [3.63, 3.8) is 0 Å². The molecule has 108 valence electrons. The van der Waals surface area contributed by atoms with Gasteiger partial charge < -0.3 is 13.9 Å². The number of nitrogens with zero attached hydrogens (tertiary/aromatic N) is 2. The molecule has 1 N–H and O–H groups in total. The maximum absolute atomic E-state index is 5.54. The summed E-state index contributed by atoms with van der Waals surface area (Å²) in [7, 11) is 0. The zero-order chi connectivity index (χ0) is 14.9. The third kappa shape index (κ3) is 1.95. The lowest BCUT2D eigenvalue weighted by Crippen LogP contribution is -1.88. The van der Waals surface area contributed by atoms with Crippen molar-refractivity contribution in [2.24, 2.45) is 0 Å². The molecule has 5 nitrogen and oxygen atoms in total. The van der Waals surface area contributed by atoms with Crippen LogP contribution < -0.4 is 0 Å². The van der Waals surface area contributed by atoms with Crippen LogP contribution >= 0.6 is 0 Å². The molecule has 0 fully saturated rings. The molecule has 0 atom stereocenters. The third-order valence-corrected chi connectivity index (χ3v) is 3.57. The molecule has 1 aromatic carbocycles. The summed E-state index contributed by atoms with van der Waals surface area (Å²) in [6, 6.07) is 11.7. The Bertz CT molecular complexity index is 890. The minimum Gasteiger partial charge on any atom is -0.464 e. The topological polar surface area (TPSA) is 67.8 Å². The van der Waals surface area contributed by atoms with Gasteiger partial charge in [0, 0.05) is 23.5 Å². The summed E-state index contributed by atoms with van der Waals surface area (Å²) in [6.45, 7) is 1.88. The van der Waals surface area contributed by atoms with Crippen LogP contribution in [0.25, 0.3) is 34.0 Å². The Balaban J connectivity index is 1.95. The molecule has 3 aromatic heterocycles. The van der Waals surface area contributed by atoms with Crippen LogP contribution in [-0.2, 0) is 0 Å². The van der Waals surface area contributed by atoms with Crippen LogP contribution in [0.2, 0.25) is 0 Å². The van der Waals surface area contributed by atoms with Gasteiger partial charge >= 0.3 is 0 Å². The zero-order valence-corrected chi connectivity index (χ0v) is 11.9. The summed E-state index contributed by atoms with van der Waals surface area (Å²) in [5.41, 5.74) is 3.53. The Hall–Kier alpha value is -3.08. The quantitative estimate of drug-likeness (QED) is 0.611. The number of rotatable bonds is 3. The van der Waals surface area contributed by atoms with Gasteiger partial charge in [0.2, 0.25) is 0 Å². The molecule has 22 heavy (non-hydrogen) atoms. The summed E-state index contributed by atoms with van der Waals surface area (Å²) in [4.78, 5) is 7.43. The predicted octanol–water partition coefficient (Wildman–Crippen LogP) is 4.30. The van der Waals surface area contributed by atoms with Gasteiger partial charge in [-0.25, -0.2) is 4.98 Å². The molecule has 0 bridgehead atoms. The van der Waals surface area contributed by atoms with E-state index in [1.54, 1.807) is 18.7 Å². The first-order valence-corrected chi connectivity index (χ1v) is 6.94. The SMILES string of the molecule is Cc1onc(-c2ccccc2-c2ccco2)c1-c1ncc[nH]1. The fourth-order valence-corrected chi connectivity index (χ4v) is 2.57. The number of aromatic nitrogens is 3. The van der Waals surface area contributed by atoms with Crippen LogP contribution in [0.3, 0.4) is 0 Å². The molecule has 0 amide bonds. The molecule has 4 aromatic rings. The summed E-state index contributed by atoms with van der Waals surface area (Å²) in [5, 5.41) is 4.24. The van der Waals surface area contributed by atoms with Gasteiger partial charge in [-0.3, -0.25) is 0 Å². The number of nitrogens with one attached hydrogen (secondary N) is 1. The highest BCUT2D eigenvalue weighted by Crippen LogP contribution is 2.37. The molecule has 0 saturated carbocycles. The van der Waals surface area contributed by atoms with Gasteiger partial charge in [0.15, 0.2) is 0 Å². The number of hydrogen-bond acceptors (Lipinski definition) is 4. The van der Waals surface area contributed by atoms with Crippen molar-refractivity contribution in [2.75, 3.05) is 0 Å². The molecule has 0 aliphatic rings. The van der Waals surface area contributed by atoms with Crippen molar-refractivity contribution in [2.45, 2.75) is 6.92 Å². The Labute approximate surface area is 126 Å². The summed E-state index contributed by atoms with van der Waals surface area (Å²) < 4.78 is 10.9. The zero-order valence-electron chi connectivity index (χ0n) is 11.9. The second kappa shape index (κ2) is 5.04. The first-order valence-electron chi connectivity index (χ1n) is 6.94. The Morgan fingerprint density at radius 2 is 1.91 bits per heavy atom. The summed E-state index contributed by atoms with van der Waals surface area (Å²) >= 11 is 0. The highest BCUT2D eigenvalue weighted by molar-refractivity contribution is 5.87. The minimum atomic E-state index is 0.721.